The van der Waals surface area contributed by atoms with Crippen LogP contribution in [-0.4, -0.2) is 24.7 Å². The van der Waals surface area contributed by atoms with Crippen molar-refractivity contribution in [1.82, 2.24) is 24.7 Å². The van der Waals surface area contributed by atoms with Crippen LogP contribution in [0.15, 0.2) is 9.95 Å². The van der Waals surface area contributed by atoms with Crippen LogP contribution in [-0.2, 0) is 25.6 Å². The van der Waals surface area contributed by atoms with Crippen LogP contribution in [0, 0.1) is 6.92 Å². The zero-order valence-electron chi connectivity index (χ0n) is 10.9. The average molecular weight is 277 g/mol. The van der Waals surface area contributed by atoms with Crippen molar-refractivity contribution in [2.24, 2.45) is 7.05 Å². The fourth-order valence-electron chi connectivity index (χ4n) is 2.20. The Morgan fingerprint density at radius 1 is 1.37 bits per heavy atom. The molecule has 0 spiro atoms. The number of fused-ring (bicyclic) bond motifs is 1. The summed E-state index contributed by atoms with van der Waals surface area (Å²) in [6, 6.07) is 0. The summed E-state index contributed by atoms with van der Waals surface area (Å²) >= 11 is 1.49. The van der Waals surface area contributed by atoms with E-state index in [1.807, 2.05) is 18.5 Å². The number of nitrogens with one attached hydrogen (secondary N) is 1. The van der Waals surface area contributed by atoms with Gasteiger partial charge in [-0.2, -0.15) is 0 Å². The first-order valence-electron chi connectivity index (χ1n) is 6.25. The van der Waals surface area contributed by atoms with Gasteiger partial charge < -0.3 is 9.55 Å². The number of hydrogen-bond acceptors (Lipinski definition) is 5. The third-order valence-electron chi connectivity index (χ3n) is 3.44. The van der Waals surface area contributed by atoms with Crippen LogP contribution >= 0.6 is 11.8 Å². The van der Waals surface area contributed by atoms with Gasteiger partial charge in [0.25, 0.3) is 5.56 Å². The summed E-state index contributed by atoms with van der Waals surface area (Å²) in [4.78, 5) is 19.2. The Labute approximate surface area is 114 Å². The van der Waals surface area contributed by atoms with Gasteiger partial charge in [-0.3, -0.25) is 4.79 Å². The molecule has 6 nitrogen and oxygen atoms in total. The van der Waals surface area contributed by atoms with Crippen molar-refractivity contribution >= 4 is 11.8 Å². The minimum Gasteiger partial charge on any atom is -0.318 e. The van der Waals surface area contributed by atoms with Gasteiger partial charge in [0.15, 0.2) is 5.16 Å². The van der Waals surface area contributed by atoms with Crippen molar-refractivity contribution in [3.63, 3.8) is 0 Å². The fourth-order valence-corrected chi connectivity index (χ4v) is 3.05. The normalized spacial score (nSPS) is 13.8. The highest BCUT2D eigenvalue weighted by Gasteiger charge is 2.17. The van der Waals surface area contributed by atoms with Crippen molar-refractivity contribution in [2.45, 2.75) is 37.1 Å². The van der Waals surface area contributed by atoms with E-state index in [0.29, 0.717) is 10.9 Å². The van der Waals surface area contributed by atoms with E-state index in [1.165, 1.54) is 11.8 Å². The third kappa shape index (κ3) is 2.30. The van der Waals surface area contributed by atoms with Crippen LogP contribution in [0.3, 0.4) is 0 Å². The second-order valence-electron chi connectivity index (χ2n) is 4.66. The molecule has 0 fully saturated rings. The zero-order chi connectivity index (χ0) is 13.4. The highest BCUT2D eigenvalue weighted by Crippen LogP contribution is 2.21. The Hall–Kier alpha value is -1.63. The van der Waals surface area contributed by atoms with Crippen LogP contribution in [0.25, 0.3) is 0 Å². The molecule has 0 amide bonds. The van der Waals surface area contributed by atoms with Gasteiger partial charge in [-0.05, 0) is 26.2 Å². The maximum absolute atomic E-state index is 11.9. The van der Waals surface area contributed by atoms with Crippen LogP contribution in [0.5, 0.6) is 0 Å². The molecule has 0 aliphatic heterocycles. The van der Waals surface area contributed by atoms with Gasteiger partial charge in [0.2, 0.25) is 0 Å². The molecule has 19 heavy (non-hydrogen) atoms. The summed E-state index contributed by atoms with van der Waals surface area (Å²) in [6.07, 6.45) is 2.79. The van der Waals surface area contributed by atoms with Crippen LogP contribution in [0.4, 0.5) is 0 Å². The molecule has 0 bridgehead atoms. The molecule has 2 aromatic rings. The number of H-pyrrole nitrogens is 1. The number of thioether (sulfide) groups is 1. The molecule has 0 saturated carbocycles. The van der Waals surface area contributed by atoms with Gasteiger partial charge in [-0.25, -0.2) is 4.98 Å². The third-order valence-corrected chi connectivity index (χ3v) is 4.31. The predicted octanol–water partition coefficient (Wildman–Crippen LogP) is 0.988. The van der Waals surface area contributed by atoms with Crippen molar-refractivity contribution in [2.75, 3.05) is 0 Å². The van der Waals surface area contributed by atoms with E-state index < -0.39 is 0 Å². The molecule has 7 heteroatoms. The van der Waals surface area contributed by atoms with Crippen LogP contribution in [0.1, 0.15) is 29.3 Å². The molecule has 0 unspecified atom stereocenters. The lowest BCUT2D eigenvalue weighted by molar-refractivity contribution is 0.813. The molecule has 0 atom stereocenters. The van der Waals surface area contributed by atoms with E-state index in [4.69, 9.17) is 0 Å². The summed E-state index contributed by atoms with van der Waals surface area (Å²) in [6.45, 7) is 1.91. The smallest absolute Gasteiger partial charge is 0.254 e. The van der Waals surface area contributed by atoms with Gasteiger partial charge in [0, 0.05) is 12.6 Å². The highest BCUT2D eigenvalue weighted by molar-refractivity contribution is 7.98. The Morgan fingerprint density at radius 2 is 2.21 bits per heavy atom. The number of rotatable bonds is 3. The maximum atomic E-state index is 11.9. The lowest BCUT2D eigenvalue weighted by Crippen LogP contribution is -2.15. The molecule has 0 radical (unpaired) electrons. The summed E-state index contributed by atoms with van der Waals surface area (Å²) in [5, 5.41) is 8.78. The molecule has 2 aromatic heterocycles. The Kier molecular flexibility index (Phi) is 3.14. The van der Waals surface area contributed by atoms with E-state index in [1.54, 1.807) is 0 Å². The van der Waals surface area contributed by atoms with Crippen molar-refractivity contribution < 1.29 is 0 Å². The SMILES string of the molecule is Cc1nnc(CSc2nc3c(c(=O)[nH]2)CCC3)n1C. The molecule has 1 aliphatic carbocycles. The quantitative estimate of drug-likeness (QED) is 0.668. The minimum atomic E-state index is 0.0131. The monoisotopic (exact) mass is 277 g/mol. The second kappa shape index (κ2) is 4.80. The molecule has 3 rings (SSSR count). The van der Waals surface area contributed by atoms with Gasteiger partial charge in [-0.15, -0.1) is 10.2 Å². The lowest BCUT2D eigenvalue weighted by Gasteiger charge is -2.03. The maximum Gasteiger partial charge on any atom is 0.254 e. The summed E-state index contributed by atoms with van der Waals surface area (Å²) in [5.74, 6) is 2.41. The highest BCUT2D eigenvalue weighted by atomic mass is 32.2. The first-order chi connectivity index (χ1) is 9.15. The lowest BCUT2D eigenvalue weighted by atomic mass is 10.3. The largest absolute Gasteiger partial charge is 0.318 e. The van der Waals surface area contributed by atoms with Gasteiger partial charge in [0.1, 0.15) is 11.6 Å². The van der Waals surface area contributed by atoms with Gasteiger partial charge in [0.05, 0.1) is 11.4 Å². The number of aryl methyl sites for hydroxylation is 2. The molecule has 0 aromatic carbocycles. The van der Waals surface area contributed by atoms with E-state index in [2.05, 4.69) is 20.2 Å². The summed E-state index contributed by atoms with van der Waals surface area (Å²) in [5.41, 5.74) is 1.83. The van der Waals surface area contributed by atoms with E-state index in [9.17, 15) is 4.79 Å². The van der Waals surface area contributed by atoms with E-state index >= 15 is 0 Å². The zero-order valence-corrected chi connectivity index (χ0v) is 11.8. The average Bonchev–Trinajstić information content (AvgIpc) is 2.97. The number of aromatic nitrogens is 5. The molecule has 1 aliphatic rings. The number of hydrogen-bond donors (Lipinski definition) is 1. The van der Waals surface area contributed by atoms with Crippen molar-refractivity contribution in [3.05, 3.63) is 33.3 Å². The van der Waals surface area contributed by atoms with Crippen molar-refractivity contribution in [3.8, 4) is 0 Å². The molecular weight excluding hydrogens is 262 g/mol. The van der Waals surface area contributed by atoms with Crippen molar-refractivity contribution in [1.29, 1.82) is 0 Å². The fraction of sp³-hybridized carbons (Fsp3) is 0.500. The Balaban J connectivity index is 1.79. The summed E-state index contributed by atoms with van der Waals surface area (Å²) in [7, 11) is 1.93. The van der Waals surface area contributed by atoms with E-state index in [0.717, 1.165) is 42.2 Å². The molecular formula is C12H15N5OS. The molecule has 2 heterocycles. The Bertz CT molecular complexity index is 675. The standard InChI is InChI=1S/C12H15N5OS/c1-7-15-16-10(17(7)2)6-19-12-13-9-5-3-4-8(9)11(18)14-12/h3-6H2,1-2H3,(H,13,14,18). The van der Waals surface area contributed by atoms with Gasteiger partial charge >= 0.3 is 0 Å². The first-order valence-corrected chi connectivity index (χ1v) is 7.23. The predicted molar refractivity (Wildman–Crippen MR) is 72.2 cm³/mol. The number of aromatic amines is 1. The van der Waals surface area contributed by atoms with Crippen LogP contribution in [0.2, 0.25) is 0 Å². The van der Waals surface area contributed by atoms with E-state index in [-0.39, 0.29) is 5.56 Å². The minimum absolute atomic E-state index is 0.0131. The van der Waals surface area contributed by atoms with Gasteiger partial charge in [-0.1, -0.05) is 11.8 Å². The second-order valence-corrected chi connectivity index (χ2v) is 5.63. The number of nitrogens with zero attached hydrogens (tertiary/aromatic N) is 4. The first kappa shape index (κ1) is 12.4. The Morgan fingerprint density at radius 3 is 2.95 bits per heavy atom. The topological polar surface area (TPSA) is 76.5 Å². The summed E-state index contributed by atoms with van der Waals surface area (Å²) < 4.78 is 1.94. The molecule has 100 valence electrons. The molecule has 0 saturated heterocycles. The van der Waals surface area contributed by atoms with Crippen LogP contribution < -0.4 is 5.56 Å². The molecule has 1 N–H and O–H groups in total.